The van der Waals surface area contributed by atoms with E-state index in [9.17, 15) is 4.79 Å². The number of hydrogen-bond donors (Lipinski definition) is 0. The van der Waals surface area contributed by atoms with Gasteiger partial charge in [0.05, 0.1) is 6.54 Å². The lowest BCUT2D eigenvalue weighted by molar-refractivity contribution is 0.656. The monoisotopic (exact) mass is 242 g/mol. The van der Waals surface area contributed by atoms with Crippen LogP contribution in [0.3, 0.4) is 0 Å². The minimum atomic E-state index is 0.122. The van der Waals surface area contributed by atoms with Gasteiger partial charge in [-0.3, -0.25) is 9.13 Å². The normalized spacial score (nSPS) is 15.0. The largest absolute Gasteiger partial charge is 0.328 e. The van der Waals surface area contributed by atoms with Gasteiger partial charge in [-0.1, -0.05) is 29.3 Å². The summed E-state index contributed by atoms with van der Waals surface area (Å²) in [5, 5.41) is 0. The molecule has 0 amide bonds. The third-order valence-electron chi connectivity index (χ3n) is 3.45. The maximum Gasteiger partial charge on any atom is 0.328 e. The highest BCUT2D eigenvalue weighted by Crippen LogP contribution is 2.33. The second-order valence-corrected chi connectivity index (χ2v) is 5.34. The topological polar surface area (TPSA) is 26.9 Å². The summed E-state index contributed by atoms with van der Waals surface area (Å²) < 4.78 is 3.66. The molecule has 1 aliphatic rings. The SMILES string of the molecule is Cc1cc(C)cc(Cn2ccn(C3CC3)c2=O)c1. The number of aromatic nitrogens is 2. The minimum Gasteiger partial charge on any atom is -0.296 e. The van der Waals surface area contributed by atoms with E-state index in [1.54, 1.807) is 4.57 Å². The van der Waals surface area contributed by atoms with Gasteiger partial charge in [-0.2, -0.15) is 0 Å². The van der Waals surface area contributed by atoms with Crippen LogP contribution in [0.5, 0.6) is 0 Å². The molecule has 0 N–H and O–H groups in total. The van der Waals surface area contributed by atoms with E-state index >= 15 is 0 Å². The highest BCUT2D eigenvalue weighted by atomic mass is 16.1. The van der Waals surface area contributed by atoms with E-state index in [-0.39, 0.29) is 5.69 Å². The van der Waals surface area contributed by atoms with Gasteiger partial charge in [-0.25, -0.2) is 4.79 Å². The van der Waals surface area contributed by atoms with Gasteiger partial charge in [-0.05, 0) is 32.3 Å². The first-order chi connectivity index (χ1) is 8.63. The molecule has 1 aromatic heterocycles. The Hall–Kier alpha value is -1.77. The standard InChI is InChI=1S/C15H18N2O/c1-11-7-12(2)9-13(8-11)10-16-5-6-17(15(16)18)14-3-4-14/h5-9,14H,3-4,10H2,1-2H3. The van der Waals surface area contributed by atoms with Gasteiger partial charge >= 0.3 is 5.69 Å². The predicted octanol–water partition coefficient (Wildman–Crippen LogP) is 2.65. The maximum absolute atomic E-state index is 12.2. The number of imidazole rings is 1. The molecule has 2 aromatic rings. The molecule has 18 heavy (non-hydrogen) atoms. The molecule has 0 saturated heterocycles. The van der Waals surface area contributed by atoms with E-state index in [0.717, 1.165) is 12.8 Å². The zero-order valence-electron chi connectivity index (χ0n) is 10.9. The van der Waals surface area contributed by atoms with Crippen molar-refractivity contribution in [2.24, 2.45) is 0 Å². The Balaban J connectivity index is 1.89. The van der Waals surface area contributed by atoms with Gasteiger partial charge in [0.2, 0.25) is 0 Å². The van der Waals surface area contributed by atoms with E-state index in [2.05, 4.69) is 32.0 Å². The molecule has 3 rings (SSSR count). The number of hydrogen-bond acceptors (Lipinski definition) is 1. The van der Waals surface area contributed by atoms with Crippen molar-refractivity contribution in [2.75, 3.05) is 0 Å². The molecule has 1 heterocycles. The Morgan fingerprint density at radius 2 is 1.78 bits per heavy atom. The zero-order chi connectivity index (χ0) is 12.7. The summed E-state index contributed by atoms with van der Waals surface area (Å²) in [6.45, 7) is 4.85. The maximum atomic E-state index is 12.2. The van der Waals surface area contributed by atoms with Crippen molar-refractivity contribution in [3.05, 3.63) is 57.8 Å². The van der Waals surface area contributed by atoms with Crippen LogP contribution >= 0.6 is 0 Å². The summed E-state index contributed by atoms with van der Waals surface area (Å²) >= 11 is 0. The second-order valence-electron chi connectivity index (χ2n) is 5.34. The van der Waals surface area contributed by atoms with Gasteiger partial charge in [-0.15, -0.1) is 0 Å². The summed E-state index contributed by atoms with van der Waals surface area (Å²) in [6, 6.07) is 6.90. The van der Waals surface area contributed by atoms with Crippen molar-refractivity contribution in [2.45, 2.75) is 39.3 Å². The average Bonchev–Trinajstić information content (AvgIpc) is 3.05. The van der Waals surface area contributed by atoms with Crippen LogP contribution in [0, 0.1) is 13.8 Å². The molecule has 0 atom stereocenters. The van der Waals surface area contributed by atoms with Gasteiger partial charge in [0.25, 0.3) is 0 Å². The molecule has 0 spiro atoms. The summed E-state index contributed by atoms with van der Waals surface area (Å²) in [5.41, 5.74) is 3.82. The lowest BCUT2D eigenvalue weighted by Gasteiger charge is -2.05. The van der Waals surface area contributed by atoms with Crippen molar-refractivity contribution < 1.29 is 0 Å². The van der Waals surface area contributed by atoms with Crippen LogP contribution in [0.15, 0.2) is 35.4 Å². The third-order valence-corrected chi connectivity index (χ3v) is 3.45. The van der Waals surface area contributed by atoms with Gasteiger partial charge in [0.15, 0.2) is 0 Å². The third kappa shape index (κ3) is 2.13. The molecule has 0 radical (unpaired) electrons. The highest BCUT2D eigenvalue weighted by Gasteiger charge is 2.25. The number of aryl methyl sites for hydroxylation is 2. The lowest BCUT2D eigenvalue weighted by atomic mass is 10.1. The predicted molar refractivity (Wildman–Crippen MR) is 72.0 cm³/mol. The Kier molecular flexibility index (Phi) is 2.62. The summed E-state index contributed by atoms with van der Waals surface area (Å²) in [5.74, 6) is 0. The smallest absolute Gasteiger partial charge is 0.296 e. The van der Waals surface area contributed by atoms with Gasteiger partial charge in [0, 0.05) is 18.4 Å². The molecule has 1 saturated carbocycles. The Bertz CT molecular complexity index is 612. The quantitative estimate of drug-likeness (QED) is 0.813. The minimum absolute atomic E-state index is 0.122. The van der Waals surface area contributed by atoms with Crippen LogP contribution in [0.1, 0.15) is 35.6 Å². The molecular formula is C15H18N2O. The highest BCUT2D eigenvalue weighted by molar-refractivity contribution is 5.28. The molecule has 0 bridgehead atoms. The number of rotatable bonds is 3. The van der Waals surface area contributed by atoms with Crippen LogP contribution in [0.25, 0.3) is 0 Å². The Labute approximate surface area is 107 Å². The first-order valence-corrected chi connectivity index (χ1v) is 6.48. The fraction of sp³-hybridized carbons (Fsp3) is 0.400. The first kappa shape index (κ1) is 11.3. The number of nitrogens with zero attached hydrogens (tertiary/aromatic N) is 2. The van der Waals surface area contributed by atoms with Crippen molar-refractivity contribution in [3.8, 4) is 0 Å². The second kappa shape index (κ2) is 4.16. The van der Waals surface area contributed by atoms with E-state index in [4.69, 9.17) is 0 Å². The van der Waals surface area contributed by atoms with Crippen LogP contribution in [0.2, 0.25) is 0 Å². The number of benzene rings is 1. The molecule has 1 fully saturated rings. The van der Waals surface area contributed by atoms with Crippen molar-refractivity contribution in [1.82, 2.24) is 9.13 Å². The van der Waals surface area contributed by atoms with Crippen molar-refractivity contribution in [3.63, 3.8) is 0 Å². The zero-order valence-corrected chi connectivity index (χ0v) is 10.9. The van der Waals surface area contributed by atoms with Crippen molar-refractivity contribution >= 4 is 0 Å². The van der Waals surface area contributed by atoms with E-state index < -0.39 is 0 Å². The van der Waals surface area contributed by atoms with Gasteiger partial charge in [0.1, 0.15) is 0 Å². The van der Waals surface area contributed by atoms with E-state index in [0.29, 0.717) is 12.6 Å². The Morgan fingerprint density at radius 3 is 2.39 bits per heavy atom. The molecule has 3 nitrogen and oxygen atoms in total. The summed E-state index contributed by atoms with van der Waals surface area (Å²) in [6.07, 6.45) is 6.11. The molecular weight excluding hydrogens is 224 g/mol. The van der Waals surface area contributed by atoms with Crippen LogP contribution in [-0.4, -0.2) is 9.13 Å². The van der Waals surface area contributed by atoms with Crippen LogP contribution in [0.4, 0.5) is 0 Å². The fourth-order valence-electron chi connectivity index (χ4n) is 2.54. The van der Waals surface area contributed by atoms with Crippen LogP contribution in [-0.2, 0) is 6.54 Å². The first-order valence-electron chi connectivity index (χ1n) is 6.48. The molecule has 3 heteroatoms. The molecule has 1 aliphatic carbocycles. The summed E-state index contributed by atoms with van der Waals surface area (Å²) in [7, 11) is 0. The molecule has 94 valence electrons. The van der Waals surface area contributed by atoms with E-state index in [1.807, 2.05) is 17.0 Å². The molecule has 0 unspecified atom stereocenters. The molecule has 0 aliphatic heterocycles. The Morgan fingerprint density at radius 1 is 1.11 bits per heavy atom. The lowest BCUT2D eigenvalue weighted by Crippen LogP contribution is -2.23. The van der Waals surface area contributed by atoms with Crippen LogP contribution < -0.4 is 5.69 Å². The van der Waals surface area contributed by atoms with Crippen molar-refractivity contribution in [1.29, 1.82) is 0 Å². The summed E-state index contributed by atoms with van der Waals surface area (Å²) in [4.78, 5) is 12.2. The van der Waals surface area contributed by atoms with Gasteiger partial charge < -0.3 is 0 Å². The fourth-order valence-corrected chi connectivity index (χ4v) is 2.54. The molecule has 1 aromatic carbocycles. The average molecular weight is 242 g/mol. The van der Waals surface area contributed by atoms with E-state index in [1.165, 1.54) is 16.7 Å².